The van der Waals surface area contributed by atoms with E-state index in [1.54, 1.807) is 6.26 Å². The minimum absolute atomic E-state index is 0.527. The van der Waals surface area contributed by atoms with E-state index < -0.39 is 0 Å². The van der Waals surface area contributed by atoms with Crippen LogP contribution in [0.1, 0.15) is 11.3 Å². The zero-order valence-electron chi connectivity index (χ0n) is 14.8. The maximum Gasteiger partial charge on any atom is 0.211 e. The highest BCUT2D eigenvalue weighted by Crippen LogP contribution is 2.27. The summed E-state index contributed by atoms with van der Waals surface area (Å²) in [6.45, 7) is 2.59. The van der Waals surface area contributed by atoms with Crippen LogP contribution in [0.25, 0.3) is 27.9 Å². The van der Waals surface area contributed by atoms with Gasteiger partial charge in [0.1, 0.15) is 5.76 Å². The summed E-state index contributed by atoms with van der Waals surface area (Å²) in [7, 11) is 0. The average molecular weight is 355 g/mol. The maximum atomic E-state index is 5.44. The zero-order valence-corrected chi connectivity index (χ0v) is 14.8. The van der Waals surface area contributed by atoms with Crippen molar-refractivity contribution in [3.8, 4) is 11.4 Å². The summed E-state index contributed by atoms with van der Waals surface area (Å²) in [5.41, 5.74) is 3.80. The summed E-state index contributed by atoms with van der Waals surface area (Å²) in [6.07, 6.45) is 1.66. The summed E-state index contributed by atoms with van der Waals surface area (Å²) < 4.78 is 7.41. The Kier molecular flexibility index (Phi) is 3.60. The van der Waals surface area contributed by atoms with Crippen LogP contribution in [0.2, 0.25) is 0 Å². The van der Waals surface area contributed by atoms with Gasteiger partial charge in [-0.15, -0.1) is 10.2 Å². The Hall–Kier alpha value is -3.67. The third-order valence-electron chi connectivity index (χ3n) is 4.53. The molecule has 0 saturated carbocycles. The van der Waals surface area contributed by atoms with Crippen molar-refractivity contribution in [1.29, 1.82) is 0 Å². The lowest BCUT2D eigenvalue weighted by molar-refractivity contribution is 0.517. The Bertz CT molecular complexity index is 1230. The lowest BCUT2D eigenvalue weighted by Crippen LogP contribution is -2.07. The minimum atomic E-state index is 0.527. The average Bonchev–Trinajstić information content (AvgIpc) is 3.37. The predicted octanol–water partition coefficient (Wildman–Crippen LogP) is 4.46. The van der Waals surface area contributed by atoms with Crippen LogP contribution in [-0.2, 0) is 6.54 Å². The number of furan rings is 1. The van der Waals surface area contributed by atoms with E-state index in [2.05, 4.69) is 34.6 Å². The van der Waals surface area contributed by atoms with Crippen LogP contribution < -0.4 is 5.32 Å². The number of rotatable bonds is 4. The molecule has 0 aliphatic rings. The van der Waals surface area contributed by atoms with Crippen molar-refractivity contribution in [3.63, 3.8) is 0 Å². The van der Waals surface area contributed by atoms with Crippen molar-refractivity contribution >= 4 is 22.5 Å². The molecule has 1 N–H and O–H groups in total. The van der Waals surface area contributed by atoms with Gasteiger partial charge in [0.05, 0.1) is 18.3 Å². The molecule has 0 amide bonds. The number of benzene rings is 2. The number of hydrogen-bond acceptors (Lipinski definition) is 5. The number of nitrogens with zero attached hydrogens (tertiary/aromatic N) is 4. The van der Waals surface area contributed by atoms with Crippen molar-refractivity contribution in [2.75, 3.05) is 5.32 Å². The first kappa shape index (κ1) is 15.6. The van der Waals surface area contributed by atoms with Gasteiger partial charge in [-0.3, -0.25) is 0 Å². The molecule has 3 heterocycles. The molecule has 0 unspecified atom stereocenters. The van der Waals surface area contributed by atoms with Gasteiger partial charge in [0.15, 0.2) is 11.5 Å². The van der Waals surface area contributed by atoms with Crippen molar-refractivity contribution < 1.29 is 4.42 Å². The summed E-state index contributed by atoms with van der Waals surface area (Å²) in [5.74, 6) is 2.27. The summed E-state index contributed by atoms with van der Waals surface area (Å²) in [6, 6.07) is 20.0. The monoisotopic (exact) mass is 355 g/mol. The van der Waals surface area contributed by atoms with E-state index in [0.29, 0.717) is 12.5 Å². The van der Waals surface area contributed by atoms with Crippen LogP contribution in [0.3, 0.4) is 0 Å². The Balaban J connectivity index is 1.74. The molecular weight excluding hydrogens is 338 g/mol. The Morgan fingerprint density at radius 1 is 1.00 bits per heavy atom. The Morgan fingerprint density at radius 2 is 1.89 bits per heavy atom. The Morgan fingerprint density at radius 3 is 2.70 bits per heavy atom. The second-order valence-electron chi connectivity index (χ2n) is 6.44. The molecule has 0 saturated heterocycles. The molecule has 6 heteroatoms. The fraction of sp³-hybridized carbons (Fsp3) is 0.0952. The van der Waals surface area contributed by atoms with Crippen LogP contribution in [0.5, 0.6) is 0 Å². The number of hydrogen-bond donors (Lipinski definition) is 1. The Labute approximate surface area is 155 Å². The summed E-state index contributed by atoms with van der Waals surface area (Å²) in [4.78, 5) is 4.83. The molecule has 27 heavy (non-hydrogen) atoms. The highest BCUT2D eigenvalue weighted by atomic mass is 16.3. The number of nitrogens with one attached hydrogen (secondary N) is 1. The largest absolute Gasteiger partial charge is 0.467 e. The normalized spacial score (nSPS) is 11.3. The molecule has 0 atom stereocenters. The fourth-order valence-electron chi connectivity index (χ4n) is 3.22. The number of aromatic nitrogens is 4. The molecule has 0 fully saturated rings. The van der Waals surface area contributed by atoms with Gasteiger partial charge in [-0.25, -0.2) is 9.38 Å². The van der Waals surface area contributed by atoms with Gasteiger partial charge in [0, 0.05) is 10.9 Å². The molecule has 0 spiro atoms. The van der Waals surface area contributed by atoms with Crippen molar-refractivity contribution in [3.05, 3.63) is 78.3 Å². The smallest absolute Gasteiger partial charge is 0.211 e. The highest BCUT2D eigenvalue weighted by molar-refractivity contribution is 5.93. The van der Waals surface area contributed by atoms with Gasteiger partial charge in [-0.05, 0) is 31.2 Å². The second-order valence-corrected chi connectivity index (χ2v) is 6.44. The van der Waals surface area contributed by atoms with E-state index in [1.807, 2.05) is 52.9 Å². The van der Waals surface area contributed by atoms with Crippen LogP contribution >= 0.6 is 0 Å². The van der Waals surface area contributed by atoms with Crippen LogP contribution in [0.4, 0.5) is 5.95 Å². The third kappa shape index (κ3) is 2.71. The van der Waals surface area contributed by atoms with Gasteiger partial charge in [-0.1, -0.05) is 42.0 Å². The number of fused-ring (bicyclic) bond motifs is 3. The SMILES string of the molecule is Cc1ccc2nc(NCc3ccco3)n3c(-c4ccccc4)nnc3c2c1. The first-order valence-electron chi connectivity index (χ1n) is 8.77. The van der Waals surface area contributed by atoms with E-state index >= 15 is 0 Å². The maximum absolute atomic E-state index is 5.44. The fourth-order valence-corrected chi connectivity index (χ4v) is 3.22. The molecule has 0 radical (unpaired) electrons. The standard InChI is InChI=1S/C21H17N5O/c1-14-9-10-18-17(12-14)20-25-24-19(15-6-3-2-4-7-15)26(20)21(23-18)22-13-16-8-5-11-27-16/h2-12H,13H2,1H3,(H,22,23). The second kappa shape index (κ2) is 6.25. The van der Waals surface area contributed by atoms with E-state index in [-0.39, 0.29) is 0 Å². The number of anilines is 1. The van der Waals surface area contributed by atoms with Crippen LogP contribution in [0.15, 0.2) is 71.3 Å². The van der Waals surface area contributed by atoms with Crippen LogP contribution in [0, 0.1) is 6.92 Å². The van der Waals surface area contributed by atoms with Crippen LogP contribution in [-0.4, -0.2) is 19.6 Å². The molecule has 0 aliphatic carbocycles. The van der Waals surface area contributed by atoms with Gasteiger partial charge < -0.3 is 9.73 Å². The van der Waals surface area contributed by atoms with Crippen molar-refractivity contribution in [1.82, 2.24) is 19.6 Å². The van der Waals surface area contributed by atoms with E-state index in [1.165, 1.54) is 0 Å². The molecule has 132 valence electrons. The molecule has 5 rings (SSSR count). The summed E-state index contributed by atoms with van der Waals surface area (Å²) >= 11 is 0. The molecule has 0 aliphatic heterocycles. The number of aryl methyl sites for hydroxylation is 1. The highest BCUT2D eigenvalue weighted by Gasteiger charge is 2.16. The lowest BCUT2D eigenvalue weighted by atomic mass is 10.1. The third-order valence-corrected chi connectivity index (χ3v) is 4.53. The molecule has 5 aromatic rings. The molecule has 2 aromatic carbocycles. The first-order valence-corrected chi connectivity index (χ1v) is 8.77. The van der Waals surface area contributed by atoms with Gasteiger partial charge in [-0.2, -0.15) is 0 Å². The van der Waals surface area contributed by atoms with E-state index in [9.17, 15) is 0 Å². The zero-order chi connectivity index (χ0) is 18.2. The molecule has 6 nitrogen and oxygen atoms in total. The minimum Gasteiger partial charge on any atom is -0.467 e. The van der Waals surface area contributed by atoms with E-state index in [4.69, 9.17) is 9.40 Å². The summed E-state index contributed by atoms with van der Waals surface area (Å²) in [5, 5.41) is 13.3. The molecule has 0 bridgehead atoms. The van der Waals surface area contributed by atoms with Crippen molar-refractivity contribution in [2.24, 2.45) is 0 Å². The predicted molar refractivity (Wildman–Crippen MR) is 104 cm³/mol. The quantitative estimate of drug-likeness (QED) is 0.515. The topological polar surface area (TPSA) is 68.2 Å². The van der Waals surface area contributed by atoms with Gasteiger partial charge in [0.2, 0.25) is 5.95 Å². The van der Waals surface area contributed by atoms with Crippen molar-refractivity contribution in [2.45, 2.75) is 13.5 Å². The van der Waals surface area contributed by atoms with E-state index in [0.717, 1.165) is 39.3 Å². The molecular formula is C21H17N5O. The lowest BCUT2D eigenvalue weighted by Gasteiger charge is -2.11. The molecule has 3 aromatic heterocycles. The van der Waals surface area contributed by atoms with Gasteiger partial charge in [0.25, 0.3) is 0 Å². The van der Waals surface area contributed by atoms with Gasteiger partial charge >= 0.3 is 0 Å². The first-order chi connectivity index (χ1) is 13.3.